The Kier molecular flexibility index (Phi) is 5.99. The molecule has 0 spiro atoms. The Balaban J connectivity index is 2.61. The van der Waals surface area contributed by atoms with Gasteiger partial charge in [0.1, 0.15) is 0 Å². The van der Waals surface area contributed by atoms with Crippen molar-refractivity contribution in [2.24, 2.45) is 0 Å². The monoisotopic (exact) mass is 329 g/mol. The molecular formula is C12H15N3O6S. The fourth-order valence-electron chi connectivity index (χ4n) is 1.48. The standard InChI is InChI=1S/C12H15N3O6S/c1-2-11(16)13-7-12(17)14-22(20,21)8-9-3-5-10(6-4-9)15(18)19/h3-6H,2,7-8H2,1H3,(H,13,16)(H,14,17). The number of hydrogen-bond acceptors (Lipinski definition) is 6. The van der Waals surface area contributed by atoms with E-state index in [9.17, 15) is 28.1 Å². The molecule has 0 heterocycles. The van der Waals surface area contributed by atoms with Gasteiger partial charge in [-0.2, -0.15) is 0 Å². The molecule has 10 heteroatoms. The van der Waals surface area contributed by atoms with E-state index in [4.69, 9.17) is 0 Å². The average Bonchev–Trinajstić information content (AvgIpc) is 2.44. The van der Waals surface area contributed by atoms with Crippen LogP contribution in [-0.4, -0.2) is 31.7 Å². The summed E-state index contributed by atoms with van der Waals surface area (Å²) in [6, 6.07) is 4.93. The van der Waals surface area contributed by atoms with E-state index < -0.39 is 33.2 Å². The van der Waals surface area contributed by atoms with Gasteiger partial charge in [0.05, 0.1) is 17.2 Å². The van der Waals surface area contributed by atoms with Gasteiger partial charge in [0.15, 0.2) is 0 Å². The molecule has 2 amide bonds. The third kappa shape index (κ3) is 5.87. The highest BCUT2D eigenvalue weighted by Crippen LogP contribution is 2.13. The van der Waals surface area contributed by atoms with Gasteiger partial charge in [-0.15, -0.1) is 0 Å². The molecule has 0 aromatic heterocycles. The van der Waals surface area contributed by atoms with Crippen molar-refractivity contribution in [2.45, 2.75) is 19.1 Å². The SMILES string of the molecule is CCC(=O)NCC(=O)NS(=O)(=O)Cc1ccc([N+](=O)[O-])cc1. The summed E-state index contributed by atoms with van der Waals surface area (Å²) in [5.74, 6) is -1.73. The van der Waals surface area contributed by atoms with Crippen molar-refractivity contribution in [3.05, 3.63) is 39.9 Å². The maximum Gasteiger partial charge on any atom is 0.269 e. The largest absolute Gasteiger partial charge is 0.347 e. The van der Waals surface area contributed by atoms with E-state index in [1.807, 2.05) is 0 Å². The van der Waals surface area contributed by atoms with Crippen LogP contribution in [0.2, 0.25) is 0 Å². The molecule has 22 heavy (non-hydrogen) atoms. The summed E-state index contributed by atoms with van der Waals surface area (Å²) < 4.78 is 25.3. The van der Waals surface area contributed by atoms with E-state index in [2.05, 4.69) is 5.32 Å². The van der Waals surface area contributed by atoms with Crippen LogP contribution in [0, 0.1) is 10.1 Å². The average molecular weight is 329 g/mol. The molecule has 0 aliphatic rings. The molecule has 0 saturated carbocycles. The predicted octanol–water partition coefficient (Wildman–Crippen LogP) is 0.0670. The lowest BCUT2D eigenvalue weighted by Gasteiger charge is -2.07. The first kappa shape index (κ1) is 17.6. The fraction of sp³-hybridized carbons (Fsp3) is 0.333. The van der Waals surface area contributed by atoms with Crippen molar-refractivity contribution in [1.82, 2.24) is 10.0 Å². The summed E-state index contributed by atoms with van der Waals surface area (Å²) in [4.78, 5) is 32.3. The first-order valence-electron chi connectivity index (χ1n) is 6.27. The van der Waals surface area contributed by atoms with E-state index in [-0.39, 0.29) is 18.0 Å². The number of nitrogens with zero attached hydrogens (tertiary/aromatic N) is 1. The number of nitrogens with one attached hydrogen (secondary N) is 2. The van der Waals surface area contributed by atoms with Gasteiger partial charge in [0.2, 0.25) is 15.9 Å². The van der Waals surface area contributed by atoms with Crippen LogP contribution in [0.25, 0.3) is 0 Å². The molecule has 9 nitrogen and oxygen atoms in total. The predicted molar refractivity (Wildman–Crippen MR) is 77.2 cm³/mol. The van der Waals surface area contributed by atoms with Gasteiger partial charge in [-0.25, -0.2) is 8.42 Å². The van der Waals surface area contributed by atoms with Gasteiger partial charge in [-0.05, 0) is 5.56 Å². The van der Waals surface area contributed by atoms with Crippen LogP contribution in [-0.2, 0) is 25.4 Å². The minimum atomic E-state index is -3.94. The molecule has 2 N–H and O–H groups in total. The van der Waals surface area contributed by atoms with E-state index in [0.29, 0.717) is 5.56 Å². The molecule has 0 bridgehead atoms. The van der Waals surface area contributed by atoms with Crippen LogP contribution in [0.4, 0.5) is 5.69 Å². The molecule has 1 rings (SSSR count). The van der Waals surface area contributed by atoms with E-state index in [1.54, 1.807) is 11.6 Å². The Labute approximate surface area is 126 Å². The summed E-state index contributed by atoms with van der Waals surface area (Å²) in [6.45, 7) is 1.16. The molecule has 0 fully saturated rings. The number of benzene rings is 1. The molecule has 0 aliphatic heterocycles. The van der Waals surface area contributed by atoms with Crippen LogP contribution in [0.3, 0.4) is 0 Å². The lowest BCUT2D eigenvalue weighted by Crippen LogP contribution is -2.40. The molecule has 0 radical (unpaired) electrons. The van der Waals surface area contributed by atoms with Crippen molar-refractivity contribution in [3.63, 3.8) is 0 Å². The maximum atomic E-state index is 11.8. The van der Waals surface area contributed by atoms with E-state index in [0.717, 1.165) is 0 Å². The fourth-order valence-corrected chi connectivity index (χ4v) is 2.61. The van der Waals surface area contributed by atoms with Crippen molar-refractivity contribution in [1.29, 1.82) is 0 Å². The Bertz CT molecular complexity index is 669. The number of hydrogen-bond donors (Lipinski definition) is 2. The molecule has 0 unspecified atom stereocenters. The minimum absolute atomic E-state index is 0.160. The van der Waals surface area contributed by atoms with Crippen LogP contribution < -0.4 is 10.0 Å². The molecule has 120 valence electrons. The number of sulfonamides is 1. The third-order valence-electron chi connectivity index (χ3n) is 2.54. The molecule has 0 atom stereocenters. The number of rotatable bonds is 7. The smallest absolute Gasteiger partial charge is 0.269 e. The van der Waals surface area contributed by atoms with E-state index >= 15 is 0 Å². The zero-order valence-electron chi connectivity index (χ0n) is 11.7. The van der Waals surface area contributed by atoms with E-state index in [1.165, 1.54) is 24.3 Å². The summed E-state index contributed by atoms with van der Waals surface area (Å²) >= 11 is 0. The number of carbonyl (C=O) groups excluding carboxylic acids is 2. The van der Waals surface area contributed by atoms with Crippen LogP contribution >= 0.6 is 0 Å². The molecule has 1 aromatic carbocycles. The highest BCUT2D eigenvalue weighted by molar-refractivity contribution is 7.89. The van der Waals surface area contributed by atoms with Gasteiger partial charge in [-0.3, -0.25) is 24.4 Å². The zero-order valence-corrected chi connectivity index (χ0v) is 12.6. The molecule has 0 saturated heterocycles. The number of nitro groups is 1. The topological polar surface area (TPSA) is 135 Å². The van der Waals surface area contributed by atoms with Crippen molar-refractivity contribution >= 4 is 27.5 Å². The van der Waals surface area contributed by atoms with Gasteiger partial charge in [0.25, 0.3) is 11.6 Å². The van der Waals surface area contributed by atoms with Gasteiger partial charge >= 0.3 is 0 Å². The minimum Gasteiger partial charge on any atom is -0.347 e. The Morgan fingerprint density at radius 1 is 1.18 bits per heavy atom. The first-order chi connectivity index (χ1) is 10.2. The normalized spacial score (nSPS) is 10.8. The van der Waals surface area contributed by atoms with Crippen LogP contribution in [0.15, 0.2) is 24.3 Å². The van der Waals surface area contributed by atoms with Gasteiger partial charge < -0.3 is 5.32 Å². The maximum absolute atomic E-state index is 11.8. The Morgan fingerprint density at radius 2 is 1.77 bits per heavy atom. The second-order valence-corrected chi connectivity index (χ2v) is 6.06. The zero-order chi connectivity index (χ0) is 16.8. The summed E-state index contributed by atoms with van der Waals surface area (Å²) in [6.07, 6.45) is 0.183. The third-order valence-corrected chi connectivity index (χ3v) is 3.79. The Morgan fingerprint density at radius 3 is 2.27 bits per heavy atom. The first-order valence-corrected chi connectivity index (χ1v) is 7.92. The van der Waals surface area contributed by atoms with Crippen LogP contribution in [0.1, 0.15) is 18.9 Å². The number of nitro benzene ring substituents is 1. The summed E-state index contributed by atoms with van der Waals surface area (Å²) in [7, 11) is -3.94. The summed E-state index contributed by atoms with van der Waals surface area (Å²) in [5, 5.41) is 12.7. The molecular weight excluding hydrogens is 314 g/mol. The highest BCUT2D eigenvalue weighted by atomic mass is 32.2. The lowest BCUT2D eigenvalue weighted by molar-refractivity contribution is -0.384. The summed E-state index contributed by atoms with van der Waals surface area (Å²) in [5.41, 5.74) is 0.135. The lowest BCUT2D eigenvalue weighted by atomic mass is 10.2. The number of carbonyl (C=O) groups is 2. The highest BCUT2D eigenvalue weighted by Gasteiger charge is 2.16. The van der Waals surface area contributed by atoms with Crippen molar-refractivity contribution in [3.8, 4) is 0 Å². The second-order valence-electron chi connectivity index (χ2n) is 4.34. The number of amides is 2. The van der Waals surface area contributed by atoms with Crippen molar-refractivity contribution in [2.75, 3.05) is 6.54 Å². The van der Waals surface area contributed by atoms with Gasteiger partial charge in [0, 0.05) is 18.6 Å². The molecule has 0 aliphatic carbocycles. The van der Waals surface area contributed by atoms with Crippen molar-refractivity contribution < 1.29 is 22.9 Å². The van der Waals surface area contributed by atoms with Gasteiger partial charge in [-0.1, -0.05) is 19.1 Å². The Hall–Kier alpha value is -2.49. The van der Waals surface area contributed by atoms with Crippen LogP contribution in [0.5, 0.6) is 0 Å². The number of non-ortho nitro benzene ring substituents is 1. The second kappa shape index (κ2) is 7.50. The quantitative estimate of drug-likeness (QED) is 0.536. The molecule has 1 aromatic rings.